The van der Waals surface area contributed by atoms with E-state index in [-0.39, 0.29) is 11.9 Å². The Kier molecular flexibility index (Phi) is 5.26. The normalized spacial score (nSPS) is 27.9. The Morgan fingerprint density at radius 1 is 1.38 bits per heavy atom. The molecule has 0 aromatic carbocycles. The third-order valence-corrected chi connectivity index (χ3v) is 3.52. The number of amides is 1. The third-order valence-electron chi connectivity index (χ3n) is 3.52. The number of nitrogens with one attached hydrogen (secondary N) is 1. The van der Waals surface area contributed by atoms with Gasteiger partial charge in [0, 0.05) is 12.1 Å². The molecule has 1 aliphatic rings. The molecule has 0 aromatic rings. The molecule has 3 unspecified atom stereocenters. The molecule has 1 rings (SSSR count). The van der Waals surface area contributed by atoms with Crippen LogP contribution in [0.1, 0.15) is 53.4 Å². The van der Waals surface area contributed by atoms with Gasteiger partial charge in [0.15, 0.2) is 0 Å². The molecule has 3 heteroatoms. The van der Waals surface area contributed by atoms with Gasteiger partial charge in [0.1, 0.15) is 0 Å². The van der Waals surface area contributed by atoms with Gasteiger partial charge in [-0.3, -0.25) is 4.79 Å². The predicted octanol–water partition coefficient (Wildman–Crippen LogP) is 2.16. The van der Waals surface area contributed by atoms with Crippen LogP contribution in [0, 0.1) is 0 Å². The maximum Gasteiger partial charge on any atom is 0.239 e. The third kappa shape index (κ3) is 3.21. The molecule has 1 aliphatic heterocycles. The second-order valence-corrected chi connectivity index (χ2v) is 5.05. The number of hydrogen-bond donors (Lipinski definition) is 1. The summed E-state index contributed by atoms with van der Waals surface area (Å²) in [5.41, 5.74) is 0. The van der Waals surface area contributed by atoms with E-state index >= 15 is 0 Å². The summed E-state index contributed by atoms with van der Waals surface area (Å²) in [6.07, 6.45) is 4.62. The lowest BCUT2D eigenvalue weighted by atomic mass is 9.96. The minimum atomic E-state index is -0.0389. The van der Waals surface area contributed by atoms with E-state index in [0.29, 0.717) is 12.1 Å². The van der Waals surface area contributed by atoms with E-state index in [4.69, 9.17) is 0 Å². The van der Waals surface area contributed by atoms with Gasteiger partial charge in [0.2, 0.25) is 5.91 Å². The van der Waals surface area contributed by atoms with Crippen molar-refractivity contribution in [3.63, 3.8) is 0 Å². The van der Waals surface area contributed by atoms with Crippen LogP contribution in [0.2, 0.25) is 0 Å². The number of piperidine rings is 1. The average molecular weight is 226 g/mol. The highest BCUT2D eigenvalue weighted by Gasteiger charge is 2.31. The Hall–Kier alpha value is -0.570. The first kappa shape index (κ1) is 13.5. The molecule has 3 atom stereocenters. The molecule has 0 radical (unpaired) electrons. The molecule has 16 heavy (non-hydrogen) atoms. The molecule has 0 spiro atoms. The first-order valence-corrected chi connectivity index (χ1v) is 6.63. The molecule has 94 valence electrons. The summed E-state index contributed by atoms with van der Waals surface area (Å²) in [6.45, 7) is 9.35. The monoisotopic (exact) mass is 226 g/mol. The van der Waals surface area contributed by atoms with Crippen LogP contribution in [0.4, 0.5) is 0 Å². The van der Waals surface area contributed by atoms with E-state index in [0.717, 1.165) is 25.8 Å². The summed E-state index contributed by atoms with van der Waals surface area (Å²) >= 11 is 0. The van der Waals surface area contributed by atoms with Crippen molar-refractivity contribution in [1.82, 2.24) is 10.2 Å². The van der Waals surface area contributed by atoms with Crippen molar-refractivity contribution < 1.29 is 4.79 Å². The molecule has 0 aromatic heterocycles. The van der Waals surface area contributed by atoms with Gasteiger partial charge in [-0.25, -0.2) is 0 Å². The summed E-state index contributed by atoms with van der Waals surface area (Å²) in [5.74, 6) is 0.271. The standard InChI is InChI=1S/C13H26N2O/c1-5-9-14-12(4)13(16)15-10(2)7-6-8-11(15)3/h10-12,14H,5-9H2,1-4H3. The Morgan fingerprint density at radius 2 is 1.94 bits per heavy atom. The molecular formula is C13H26N2O. The lowest BCUT2D eigenvalue weighted by molar-refractivity contribution is -0.139. The molecule has 0 bridgehead atoms. The Balaban J connectivity index is 2.56. The average Bonchev–Trinajstić information content (AvgIpc) is 2.25. The van der Waals surface area contributed by atoms with Crippen LogP contribution in [0.3, 0.4) is 0 Å². The van der Waals surface area contributed by atoms with Gasteiger partial charge in [0.25, 0.3) is 0 Å². The fourth-order valence-electron chi connectivity index (χ4n) is 2.53. The van der Waals surface area contributed by atoms with Gasteiger partial charge in [0.05, 0.1) is 6.04 Å². The van der Waals surface area contributed by atoms with Gasteiger partial charge >= 0.3 is 0 Å². The summed E-state index contributed by atoms with van der Waals surface area (Å²) in [7, 11) is 0. The van der Waals surface area contributed by atoms with Gasteiger partial charge < -0.3 is 10.2 Å². The zero-order valence-corrected chi connectivity index (χ0v) is 11.1. The van der Waals surface area contributed by atoms with Crippen molar-refractivity contribution in [3.05, 3.63) is 0 Å². The molecule has 0 saturated carbocycles. The fourth-order valence-corrected chi connectivity index (χ4v) is 2.53. The summed E-state index contributed by atoms with van der Waals surface area (Å²) < 4.78 is 0. The predicted molar refractivity (Wildman–Crippen MR) is 67.4 cm³/mol. The smallest absolute Gasteiger partial charge is 0.239 e. The van der Waals surface area contributed by atoms with E-state index in [1.54, 1.807) is 0 Å². The van der Waals surface area contributed by atoms with Gasteiger partial charge in [-0.2, -0.15) is 0 Å². The summed E-state index contributed by atoms with van der Waals surface area (Å²) in [4.78, 5) is 14.4. The summed E-state index contributed by atoms with van der Waals surface area (Å²) in [5, 5.41) is 3.28. The second-order valence-electron chi connectivity index (χ2n) is 5.05. The van der Waals surface area contributed by atoms with Crippen molar-refractivity contribution in [2.75, 3.05) is 6.54 Å². The molecule has 1 saturated heterocycles. The molecule has 1 fully saturated rings. The van der Waals surface area contributed by atoms with Crippen molar-refractivity contribution in [2.45, 2.75) is 71.5 Å². The number of rotatable bonds is 4. The minimum absolute atomic E-state index is 0.0389. The van der Waals surface area contributed by atoms with Crippen LogP contribution in [-0.2, 0) is 4.79 Å². The second kappa shape index (κ2) is 6.24. The van der Waals surface area contributed by atoms with Gasteiger partial charge in [-0.05, 0) is 53.0 Å². The van der Waals surface area contributed by atoms with Gasteiger partial charge in [-0.15, -0.1) is 0 Å². The van der Waals surface area contributed by atoms with Crippen LogP contribution in [0.25, 0.3) is 0 Å². The fraction of sp³-hybridized carbons (Fsp3) is 0.923. The Labute approximate surface area is 99.6 Å². The number of likely N-dealkylation sites (tertiary alicyclic amines) is 1. The van der Waals surface area contributed by atoms with Crippen LogP contribution in [0.5, 0.6) is 0 Å². The van der Waals surface area contributed by atoms with Crippen LogP contribution in [0.15, 0.2) is 0 Å². The lowest BCUT2D eigenvalue weighted by Crippen LogP contribution is -2.53. The van der Waals surface area contributed by atoms with Gasteiger partial charge in [-0.1, -0.05) is 6.92 Å². The molecule has 1 amide bonds. The Bertz CT molecular complexity index is 220. The number of hydrogen-bond acceptors (Lipinski definition) is 2. The van der Waals surface area contributed by atoms with E-state index < -0.39 is 0 Å². The van der Waals surface area contributed by atoms with E-state index in [1.807, 2.05) is 6.92 Å². The molecular weight excluding hydrogens is 200 g/mol. The van der Waals surface area contributed by atoms with Crippen molar-refractivity contribution in [3.8, 4) is 0 Å². The summed E-state index contributed by atoms with van der Waals surface area (Å²) in [6, 6.07) is 0.771. The number of nitrogens with zero attached hydrogens (tertiary/aromatic N) is 1. The highest BCUT2D eigenvalue weighted by atomic mass is 16.2. The Morgan fingerprint density at radius 3 is 2.44 bits per heavy atom. The van der Waals surface area contributed by atoms with E-state index in [2.05, 4.69) is 31.0 Å². The van der Waals surface area contributed by atoms with Crippen LogP contribution in [-0.4, -0.2) is 35.5 Å². The van der Waals surface area contributed by atoms with Crippen molar-refractivity contribution >= 4 is 5.91 Å². The quantitative estimate of drug-likeness (QED) is 0.796. The van der Waals surface area contributed by atoms with Crippen molar-refractivity contribution in [2.24, 2.45) is 0 Å². The molecule has 0 aliphatic carbocycles. The van der Waals surface area contributed by atoms with Crippen LogP contribution < -0.4 is 5.32 Å². The first-order valence-electron chi connectivity index (χ1n) is 6.63. The highest BCUT2D eigenvalue weighted by Crippen LogP contribution is 2.23. The number of carbonyl (C=O) groups is 1. The molecule has 1 N–H and O–H groups in total. The van der Waals surface area contributed by atoms with Crippen molar-refractivity contribution in [1.29, 1.82) is 0 Å². The molecule has 1 heterocycles. The van der Waals surface area contributed by atoms with E-state index in [9.17, 15) is 4.79 Å². The maximum atomic E-state index is 12.3. The number of carbonyl (C=O) groups excluding carboxylic acids is 1. The largest absolute Gasteiger partial charge is 0.336 e. The first-order chi connectivity index (χ1) is 7.57. The SMILES string of the molecule is CCCNC(C)C(=O)N1C(C)CCCC1C. The van der Waals surface area contributed by atoms with E-state index in [1.165, 1.54) is 6.42 Å². The molecule has 3 nitrogen and oxygen atoms in total. The maximum absolute atomic E-state index is 12.3. The van der Waals surface area contributed by atoms with Crippen LogP contribution >= 0.6 is 0 Å². The lowest BCUT2D eigenvalue weighted by Gasteiger charge is -2.40. The minimum Gasteiger partial charge on any atom is -0.336 e. The topological polar surface area (TPSA) is 32.3 Å². The zero-order valence-electron chi connectivity index (χ0n) is 11.1. The zero-order chi connectivity index (χ0) is 12.1. The highest BCUT2D eigenvalue weighted by molar-refractivity contribution is 5.82.